The third-order valence-corrected chi connectivity index (χ3v) is 2.79. The van der Waals surface area contributed by atoms with Crippen molar-refractivity contribution in [3.63, 3.8) is 0 Å². The molecule has 2 rings (SSSR count). The number of ether oxygens (including phenoxy) is 1. The molecule has 92 valence electrons. The van der Waals surface area contributed by atoms with Gasteiger partial charge in [-0.1, -0.05) is 17.7 Å². The summed E-state index contributed by atoms with van der Waals surface area (Å²) in [4.78, 5) is 15.0. The van der Waals surface area contributed by atoms with E-state index in [4.69, 9.17) is 16.3 Å². The highest BCUT2D eigenvalue weighted by Gasteiger charge is 2.12. The second-order valence-corrected chi connectivity index (χ2v) is 3.94. The van der Waals surface area contributed by atoms with Gasteiger partial charge in [0.25, 0.3) is 0 Å². The molecule has 5 heteroatoms. The Morgan fingerprint density at radius 3 is 2.78 bits per heavy atom. The third kappa shape index (κ3) is 2.19. The van der Waals surface area contributed by atoms with Crippen LogP contribution in [0.15, 0.2) is 30.5 Å². The van der Waals surface area contributed by atoms with Crippen molar-refractivity contribution in [3.8, 4) is 17.0 Å². The quantitative estimate of drug-likeness (QED) is 0.799. The molecule has 0 unspecified atom stereocenters. The number of halogens is 2. The Hall–Kier alpha value is -1.94. The number of nitrogens with zero attached hydrogens (tertiary/aromatic N) is 1. The molecule has 0 atom stereocenters. The lowest BCUT2D eigenvalue weighted by atomic mass is 10.0. The Kier molecular flexibility index (Phi) is 3.58. The average Bonchev–Trinajstić information content (AvgIpc) is 2.40. The van der Waals surface area contributed by atoms with Crippen molar-refractivity contribution in [2.45, 2.75) is 0 Å². The smallest absolute Gasteiger partial charge is 0.224 e. The molecule has 0 amide bonds. The van der Waals surface area contributed by atoms with Crippen LogP contribution in [0.3, 0.4) is 0 Å². The zero-order valence-corrected chi connectivity index (χ0v) is 10.2. The highest BCUT2D eigenvalue weighted by atomic mass is 35.5. The van der Waals surface area contributed by atoms with Crippen molar-refractivity contribution in [1.82, 2.24) is 4.98 Å². The SMILES string of the molecule is COc1nccc(-c2ccc(F)c(Cl)c2)c1C=O. The van der Waals surface area contributed by atoms with Crippen LogP contribution in [-0.4, -0.2) is 18.4 Å². The minimum Gasteiger partial charge on any atom is -0.480 e. The number of methoxy groups -OCH3 is 1. The molecule has 0 aliphatic heterocycles. The molecule has 0 saturated heterocycles. The van der Waals surface area contributed by atoms with Crippen LogP contribution in [0.1, 0.15) is 10.4 Å². The van der Waals surface area contributed by atoms with E-state index in [1.807, 2.05) is 0 Å². The first kappa shape index (κ1) is 12.5. The van der Waals surface area contributed by atoms with Crippen LogP contribution in [0.5, 0.6) is 5.88 Å². The monoisotopic (exact) mass is 265 g/mol. The summed E-state index contributed by atoms with van der Waals surface area (Å²) in [6.07, 6.45) is 2.16. The van der Waals surface area contributed by atoms with E-state index >= 15 is 0 Å². The Morgan fingerprint density at radius 1 is 1.39 bits per heavy atom. The van der Waals surface area contributed by atoms with Gasteiger partial charge < -0.3 is 4.74 Å². The molecule has 0 saturated carbocycles. The van der Waals surface area contributed by atoms with Gasteiger partial charge in [0.1, 0.15) is 5.82 Å². The molecule has 2 aromatic rings. The first-order valence-corrected chi connectivity index (χ1v) is 5.48. The van der Waals surface area contributed by atoms with E-state index in [1.165, 1.54) is 25.4 Å². The molecule has 18 heavy (non-hydrogen) atoms. The van der Waals surface area contributed by atoms with Gasteiger partial charge in [-0.05, 0) is 29.3 Å². The summed E-state index contributed by atoms with van der Waals surface area (Å²) in [5, 5.41) is 0.000119. The number of hydrogen-bond acceptors (Lipinski definition) is 3. The Balaban J connectivity index is 2.63. The molecular weight excluding hydrogens is 257 g/mol. The summed E-state index contributed by atoms with van der Waals surface area (Å²) in [6, 6.07) is 5.90. The van der Waals surface area contributed by atoms with E-state index in [2.05, 4.69) is 4.98 Å². The lowest BCUT2D eigenvalue weighted by Crippen LogP contribution is -1.96. The van der Waals surface area contributed by atoms with Gasteiger partial charge in [0.15, 0.2) is 6.29 Å². The summed E-state index contributed by atoms with van der Waals surface area (Å²) in [6.45, 7) is 0. The van der Waals surface area contributed by atoms with Crippen LogP contribution in [0.4, 0.5) is 4.39 Å². The number of carbonyl (C=O) groups is 1. The van der Waals surface area contributed by atoms with Crippen molar-refractivity contribution in [2.75, 3.05) is 7.11 Å². The van der Waals surface area contributed by atoms with E-state index in [9.17, 15) is 9.18 Å². The zero-order valence-electron chi connectivity index (χ0n) is 9.48. The maximum absolute atomic E-state index is 13.1. The molecule has 0 aliphatic rings. The summed E-state index contributed by atoms with van der Waals surface area (Å²) < 4.78 is 18.1. The Bertz CT molecular complexity index is 602. The minimum absolute atomic E-state index is 0.000119. The Labute approximate surface area is 108 Å². The highest BCUT2D eigenvalue weighted by Crippen LogP contribution is 2.30. The molecule has 1 aromatic heterocycles. The van der Waals surface area contributed by atoms with Gasteiger partial charge in [-0.3, -0.25) is 4.79 Å². The van der Waals surface area contributed by atoms with Gasteiger partial charge in [0.05, 0.1) is 17.7 Å². The molecule has 0 aliphatic carbocycles. The molecule has 0 bridgehead atoms. The number of benzene rings is 1. The topological polar surface area (TPSA) is 39.2 Å². The zero-order chi connectivity index (χ0) is 13.1. The van der Waals surface area contributed by atoms with Crippen molar-refractivity contribution in [2.24, 2.45) is 0 Å². The summed E-state index contributed by atoms with van der Waals surface area (Å²) in [5.41, 5.74) is 1.53. The molecule has 3 nitrogen and oxygen atoms in total. The number of aldehydes is 1. The van der Waals surface area contributed by atoms with Crippen LogP contribution < -0.4 is 4.74 Å². The van der Waals surface area contributed by atoms with E-state index in [0.29, 0.717) is 23.0 Å². The van der Waals surface area contributed by atoms with E-state index in [-0.39, 0.29) is 10.9 Å². The number of hydrogen-bond donors (Lipinski definition) is 0. The first-order valence-electron chi connectivity index (χ1n) is 5.11. The largest absolute Gasteiger partial charge is 0.480 e. The number of pyridine rings is 1. The van der Waals surface area contributed by atoms with Crippen LogP contribution in [-0.2, 0) is 0 Å². The second kappa shape index (κ2) is 5.14. The number of aromatic nitrogens is 1. The van der Waals surface area contributed by atoms with Gasteiger partial charge in [-0.2, -0.15) is 0 Å². The van der Waals surface area contributed by atoms with Gasteiger partial charge in [-0.15, -0.1) is 0 Å². The fourth-order valence-electron chi connectivity index (χ4n) is 1.65. The van der Waals surface area contributed by atoms with Gasteiger partial charge in [0.2, 0.25) is 5.88 Å². The lowest BCUT2D eigenvalue weighted by Gasteiger charge is -2.08. The van der Waals surface area contributed by atoms with Crippen molar-refractivity contribution < 1.29 is 13.9 Å². The molecule has 1 aromatic carbocycles. The van der Waals surface area contributed by atoms with Gasteiger partial charge in [-0.25, -0.2) is 9.37 Å². The minimum atomic E-state index is -0.505. The standard InChI is InChI=1S/C13H9ClFNO2/c1-18-13-10(7-17)9(4-5-16-13)8-2-3-12(15)11(14)6-8/h2-7H,1H3. The average molecular weight is 266 g/mol. The fraction of sp³-hybridized carbons (Fsp3) is 0.0769. The molecular formula is C13H9ClFNO2. The number of rotatable bonds is 3. The van der Waals surface area contributed by atoms with Crippen molar-refractivity contribution in [1.29, 1.82) is 0 Å². The second-order valence-electron chi connectivity index (χ2n) is 3.53. The van der Waals surface area contributed by atoms with Crippen LogP contribution >= 0.6 is 11.6 Å². The molecule has 0 fully saturated rings. The summed E-state index contributed by atoms with van der Waals surface area (Å²) in [5.74, 6) is -0.281. The highest BCUT2D eigenvalue weighted by molar-refractivity contribution is 6.31. The maximum Gasteiger partial charge on any atom is 0.224 e. The Morgan fingerprint density at radius 2 is 2.17 bits per heavy atom. The summed E-state index contributed by atoms with van der Waals surface area (Å²) in [7, 11) is 1.43. The predicted molar refractivity (Wildman–Crippen MR) is 66.6 cm³/mol. The lowest BCUT2D eigenvalue weighted by molar-refractivity contribution is 0.112. The third-order valence-electron chi connectivity index (χ3n) is 2.50. The number of carbonyl (C=O) groups excluding carboxylic acids is 1. The fourth-order valence-corrected chi connectivity index (χ4v) is 1.83. The van der Waals surface area contributed by atoms with Gasteiger partial charge >= 0.3 is 0 Å². The van der Waals surface area contributed by atoms with Gasteiger partial charge in [0, 0.05) is 6.20 Å². The molecule has 1 heterocycles. The predicted octanol–water partition coefficient (Wildman–Crippen LogP) is 3.36. The van der Waals surface area contributed by atoms with E-state index in [0.717, 1.165) is 0 Å². The molecule has 0 radical (unpaired) electrons. The van der Waals surface area contributed by atoms with Crippen molar-refractivity contribution in [3.05, 3.63) is 46.9 Å². The van der Waals surface area contributed by atoms with Crippen LogP contribution in [0.25, 0.3) is 11.1 Å². The van der Waals surface area contributed by atoms with E-state index < -0.39 is 5.82 Å². The normalized spacial score (nSPS) is 10.2. The first-order chi connectivity index (χ1) is 8.67. The molecule has 0 N–H and O–H groups in total. The maximum atomic E-state index is 13.1. The molecule has 0 spiro atoms. The van der Waals surface area contributed by atoms with Crippen LogP contribution in [0.2, 0.25) is 5.02 Å². The summed E-state index contributed by atoms with van der Waals surface area (Å²) >= 11 is 5.72. The van der Waals surface area contributed by atoms with Crippen molar-refractivity contribution >= 4 is 17.9 Å². The van der Waals surface area contributed by atoms with E-state index in [1.54, 1.807) is 12.1 Å². The van der Waals surface area contributed by atoms with Crippen LogP contribution in [0, 0.1) is 5.82 Å².